The predicted octanol–water partition coefficient (Wildman–Crippen LogP) is 2.30. The number of aliphatic imine (C=N–C) groups is 1. The molecule has 122 valence electrons. The van der Waals surface area contributed by atoms with Crippen LogP contribution in [0.1, 0.15) is 26.2 Å². The van der Waals surface area contributed by atoms with E-state index in [1.807, 2.05) is 19.2 Å². The van der Waals surface area contributed by atoms with Crippen LogP contribution in [0.2, 0.25) is 0 Å². The molecular weight excluding hydrogens is 296 g/mol. The molecule has 1 fully saturated rings. The number of hydrogen-bond acceptors (Lipinski definition) is 4. The molecule has 0 aromatic carbocycles. The van der Waals surface area contributed by atoms with Gasteiger partial charge in [-0.25, -0.2) is 0 Å². The van der Waals surface area contributed by atoms with Crippen molar-refractivity contribution in [1.29, 1.82) is 0 Å². The summed E-state index contributed by atoms with van der Waals surface area (Å²) in [7, 11) is 1.81. The van der Waals surface area contributed by atoms with Gasteiger partial charge in [0.25, 0.3) is 0 Å². The average molecular weight is 322 g/mol. The normalized spacial score (nSPS) is 21.6. The molecule has 2 unspecified atom stereocenters. The van der Waals surface area contributed by atoms with Crippen molar-refractivity contribution in [2.75, 3.05) is 26.0 Å². The molecule has 0 aliphatic heterocycles. The molecule has 1 aromatic heterocycles. The van der Waals surface area contributed by atoms with E-state index in [2.05, 4.69) is 39.3 Å². The number of thioether (sulfide) groups is 1. The fraction of sp³-hybridized carbons (Fsp3) is 0.625. The molecule has 1 aliphatic rings. The quantitative estimate of drug-likeness (QED) is 0.458. The Hall–Kier alpha value is -1.43. The number of rotatable bonds is 7. The highest BCUT2D eigenvalue weighted by Gasteiger charge is 2.24. The molecule has 1 aromatic rings. The number of guanidine groups is 1. The van der Waals surface area contributed by atoms with Gasteiger partial charge in [-0.05, 0) is 37.1 Å². The van der Waals surface area contributed by atoms with Crippen molar-refractivity contribution >= 4 is 17.7 Å². The second kappa shape index (κ2) is 9.56. The van der Waals surface area contributed by atoms with E-state index in [-0.39, 0.29) is 0 Å². The highest BCUT2D eigenvalue weighted by atomic mass is 32.2. The van der Waals surface area contributed by atoms with Gasteiger partial charge in [0.2, 0.25) is 0 Å². The molecule has 6 heteroatoms. The minimum Gasteiger partial charge on any atom is -0.490 e. The largest absolute Gasteiger partial charge is 0.490 e. The van der Waals surface area contributed by atoms with Crippen LogP contribution in [0.15, 0.2) is 29.5 Å². The molecule has 5 nitrogen and oxygen atoms in total. The van der Waals surface area contributed by atoms with Crippen LogP contribution in [0.4, 0.5) is 0 Å². The average Bonchev–Trinajstić information content (AvgIpc) is 2.99. The smallest absolute Gasteiger partial charge is 0.191 e. The third kappa shape index (κ3) is 5.75. The number of nitrogens with one attached hydrogen (secondary N) is 2. The number of ether oxygens (including phenoxy) is 1. The first-order valence-electron chi connectivity index (χ1n) is 7.93. The Balaban J connectivity index is 1.63. The Morgan fingerprint density at radius 3 is 3.14 bits per heavy atom. The summed E-state index contributed by atoms with van der Waals surface area (Å²) in [5, 5.41) is 7.61. The molecule has 1 aliphatic carbocycles. The van der Waals surface area contributed by atoms with Gasteiger partial charge in [0, 0.05) is 24.5 Å². The summed E-state index contributed by atoms with van der Waals surface area (Å²) >= 11 is 2.07. The van der Waals surface area contributed by atoms with Crippen LogP contribution in [0.5, 0.6) is 5.75 Å². The van der Waals surface area contributed by atoms with E-state index < -0.39 is 0 Å². The van der Waals surface area contributed by atoms with E-state index in [0.717, 1.165) is 17.0 Å². The topological polar surface area (TPSA) is 58.5 Å². The summed E-state index contributed by atoms with van der Waals surface area (Å²) in [6.07, 6.45) is 7.22. The molecule has 1 heterocycles. The summed E-state index contributed by atoms with van der Waals surface area (Å²) < 4.78 is 5.61. The van der Waals surface area contributed by atoms with Gasteiger partial charge in [0.1, 0.15) is 12.4 Å². The Morgan fingerprint density at radius 1 is 1.50 bits per heavy atom. The molecule has 0 bridgehead atoms. The van der Waals surface area contributed by atoms with E-state index in [1.165, 1.54) is 25.0 Å². The Kier molecular flexibility index (Phi) is 7.36. The zero-order valence-electron chi connectivity index (χ0n) is 13.4. The summed E-state index contributed by atoms with van der Waals surface area (Å²) in [4.78, 5) is 8.31. The molecule has 2 N–H and O–H groups in total. The van der Waals surface area contributed by atoms with E-state index in [0.29, 0.717) is 19.2 Å². The lowest BCUT2D eigenvalue weighted by atomic mass is 10.2. The summed E-state index contributed by atoms with van der Waals surface area (Å²) in [5.41, 5.74) is 0. The third-order valence-electron chi connectivity index (χ3n) is 3.65. The second-order valence-electron chi connectivity index (χ2n) is 5.27. The first-order chi connectivity index (χ1) is 10.8. The van der Waals surface area contributed by atoms with Gasteiger partial charge in [0.05, 0.1) is 12.7 Å². The van der Waals surface area contributed by atoms with Crippen LogP contribution in [0.3, 0.4) is 0 Å². The predicted molar refractivity (Wildman–Crippen MR) is 93.8 cm³/mol. The molecule has 0 saturated heterocycles. The van der Waals surface area contributed by atoms with Gasteiger partial charge < -0.3 is 15.4 Å². The van der Waals surface area contributed by atoms with Gasteiger partial charge in [-0.1, -0.05) is 6.92 Å². The van der Waals surface area contributed by atoms with Crippen LogP contribution in [-0.4, -0.2) is 48.2 Å². The van der Waals surface area contributed by atoms with Crippen molar-refractivity contribution in [2.45, 2.75) is 37.5 Å². The van der Waals surface area contributed by atoms with Gasteiger partial charge in [-0.3, -0.25) is 9.98 Å². The molecule has 0 spiro atoms. The third-order valence-corrected chi connectivity index (χ3v) is 4.88. The van der Waals surface area contributed by atoms with Crippen molar-refractivity contribution in [1.82, 2.24) is 15.6 Å². The van der Waals surface area contributed by atoms with Crippen LogP contribution in [0, 0.1) is 0 Å². The highest BCUT2D eigenvalue weighted by Crippen LogP contribution is 2.29. The zero-order chi connectivity index (χ0) is 15.6. The molecule has 0 radical (unpaired) electrons. The van der Waals surface area contributed by atoms with Crippen LogP contribution in [-0.2, 0) is 0 Å². The van der Waals surface area contributed by atoms with Crippen LogP contribution < -0.4 is 15.4 Å². The number of aromatic nitrogens is 1. The fourth-order valence-corrected chi connectivity index (χ4v) is 3.76. The van der Waals surface area contributed by atoms with Crippen molar-refractivity contribution in [2.24, 2.45) is 4.99 Å². The molecular formula is C16H26N4OS. The van der Waals surface area contributed by atoms with Gasteiger partial charge in [0.15, 0.2) is 5.96 Å². The Bertz CT molecular complexity index is 455. The van der Waals surface area contributed by atoms with E-state index in [9.17, 15) is 0 Å². The van der Waals surface area contributed by atoms with Crippen LogP contribution >= 0.6 is 11.8 Å². The second-order valence-corrected chi connectivity index (χ2v) is 6.85. The van der Waals surface area contributed by atoms with Crippen molar-refractivity contribution < 1.29 is 4.74 Å². The molecule has 2 atom stereocenters. The lowest BCUT2D eigenvalue weighted by Crippen LogP contribution is -2.43. The first kappa shape index (κ1) is 16.9. The van der Waals surface area contributed by atoms with Crippen molar-refractivity contribution in [3.63, 3.8) is 0 Å². The van der Waals surface area contributed by atoms with E-state index in [1.54, 1.807) is 12.4 Å². The van der Waals surface area contributed by atoms with Gasteiger partial charge in [-0.2, -0.15) is 11.8 Å². The SMILES string of the molecule is CCSC1CCC(NC(=NC)NCCOc2cccnc2)C1. The Morgan fingerprint density at radius 2 is 2.41 bits per heavy atom. The number of pyridine rings is 1. The van der Waals surface area contributed by atoms with Gasteiger partial charge >= 0.3 is 0 Å². The summed E-state index contributed by atoms with van der Waals surface area (Å²) in [5.74, 6) is 2.86. The molecule has 1 saturated carbocycles. The molecule has 22 heavy (non-hydrogen) atoms. The monoisotopic (exact) mass is 322 g/mol. The fourth-order valence-electron chi connectivity index (χ4n) is 2.62. The number of hydrogen-bond donors (Lipinski definition) is 2. The maximum Gasteiger partial charge on any atom is 0.191 e. The number of nitrogens with zero attached hydrogens (tertiary/aromatic N) is 2. The first-order valence-corrected chi connectivity index (χ1v) is 8.98. The zero-order valence-corrected chi connectivity index (χ0v) is 14.2. The van der Waals surface area contributed by atoms with Gasteiger partial charge in [-0.15, -0.1) is 0 Å². The van der Waals surface area contributed by atoms with Crippen molar-refractivity contribution in [3.8, 4) is 5.75 Å². The summed E-state index contributed by atoms with van der Waals surface area (Å²) in [6, 6.07) is 4.31. The minimum atomic E-state index is 0.537. The van der Waals surface area contributed by atoms with Crippen molar-refractivity contribution in [3.05, 3.63) is 24.5 Å². The maximum absolute atomic E-state index is 5.61. The summed E-state index contributed by atoms with van der Waals surface area (Å²) in [6.45, 7) is 3.54. The minimum absolute atomic E-state index is 0.537. The van der Waals surface area contributed by atoms with E-state index in [4.69, 9.17) is 4.74 Å². The lowest BCUT2D eigenvalue weighted by molar-refractivity contribution is 0.320. The molecule has 0 amide bonds. The van der Waals surface area contributed by atoms with E-state index >= 15 is 0 Å². The molecule has 2 rings (SSSR count). The van der Waals surface area contributed by atoms with Crippen LogP contribution in [0.25, 0.3) is 0 Å². The maximum atomic E-state index is 5.61. The highest BCUT2D eigenvalue weighted by molar-refractivity contribution is 7.99. The Labute approximate surface area is 137 Å². The lowest BCUT2D eigenvalue weighted by Gasteiger charge is -2.17. The standard InChI is InChI=1S/C16H26N4OS/c1-3-22-15-7-6-13(11-15)20-16(17-2)19-9-10-21-14-5-4-8-18-12-14/h4-5,8,12-13,15H,3,6-7,9-11H2,1-2H3,(H2,17,19,20).